The van der Waals surface area contributed by atoms with Crippen LogP contribution in [0, 0.1) is 0 Å². The van der Waals surface area contributed by atoms with Crippen molar-refractivity contribution < 1.29 is 35.1 Å². The lowest BCUT2D eigenvalue weighted by Crippen LogP contribution is -2.06. The third-order valence-corrected chi connectivity index (χ3v) is 5.40. The fraction of sp³-hybridized carbons (Fsp3) is 0.519. The van der Waals surface area contributed by atoms with Gasteiger partial charge in [-0.2, -0.15) is 0 Å². The number of benzene rings is 2. The molecular formula is C27H40O7. The number of phenols is 5. The highest BCUT2D eigenvalue weighted by atomic mass is 16.5. The van der Waals surface area contributed by atoms with Crippen molar-refractivity contribution in [3.8, 4) is 28.7 Å². The number of esters is 1. The number of aromatic hydroxyl groups is 5. The van der Waals surface area contributed by atoms with Gasteiger partial charge in [-0.15, -0.1) is 0 Å². The summed E-state index contributed by atoms with van der Waals surface area (Å²) in [5, 5.41) is 46.4. The van der Waals surface area contributed by atoms with E-state index in [4.69, 9.17) is 9.84 Å². The summed E-state index contributed by atoms with van der Waals surface area (Å²) in [7, 11) is 0. The number of ether oxygens (including phenoxy) is 1. The van der Waals surface area contributed by atoms with E-state index in [2.05, 4.69) is 13.8 Å². The van der Waals surface area contributed by atoms with Gasteiger partial charge in [-0.25, -0.2) is 4.79 Å². The van der Waals surface area contributed by atoms with Crippen LogP contribution in [-0.4, -0.2) is 38.1 Å². The molecule has 0 saturated heterocycles. The summed E-state index contributed by atoms with van der Waals surface area (Å²) in [6.07, 6.45) is 12.2. The van der Waals surface area contributed by atoms with Crippen molar-refractivity contribution in [3.05, 3.63) is 41.5 Å². The molecule has 0 aliphatic carbocycles. The van der Waals surface area contributed by atoms with E-state index >= 15 is 0 Å². The molecule has 0 atom stereocenters. The maximum Gasteiger partial charge on any atom is 0.338 e. The van der Waals surface area contributed by atoms with E-state index in [-0.39, 0.29) is 17.1 Å². The van der Waals surface area contributed by atoms with E-state index < -0.39 is 23.2 Å². The van der Waals surface area contributed by atoms with Crippen molar-refractivity contribution in [1.29, 1.82) is 0 Å². The van der Waals surface area contributed by atoms with E-state index in [1.54, 1.807) is 12.1 Å². The molecule has 0 bridgehead atoms. The van der Waals surface area contributed by atoms with Crippen LogP contribution in [-0.2, 0) is 11.2 Å². The predicted molar refractivity (Wildman–Crippen MR) is 133 cm³/mol. The summed E-state index contributed by atoms with van der Waals surface area (Å²) in [6.45, 7) is 4.65. The molecule has 7 heteroatoms. The summed E-state index contributed by atoms with van der Waals surface area (Å²) in [5.41, 5.74) is 0.947. The van der Waals surface area contributed by atoms with Crippen LogP contribution in [0.1, 0.15) is 94.0 Å². The van der Waals surface area contributed by atoms with E-state index in [0.29, 0.717) is 6.61 Å². The number of hydrogen-bond donors (Lipinski definition) is 5. The Labute approximate surface area is 202 Å². The highest BCUT2D eigenvalue weighted by molar-refractivity contribution is 5.91. The first-order chi connectivity index (χ1) is 16.3. The Morgan fingerprint density at radius 3 is 1.85 bits per heavy atom. The smallest absolute Gasteiger partial charge is 0.338 e. The summed E-state index contributed by atoms with van der Waals surface area (Å²) < 4.78 is 5.04. The fourth-order valence-corrected chi connectivity index (χ4v) is 3.36. The van der Waals surface area contributed by atoms with Crippen LogP contribution < -0.4 is 0 Å². The first kappa shape index (κ1) is 28.9. The lowest BCUT2D eigenvalue weighted by atomic mass is 10.1. The fourth-order valence-electron chi connectivity index (χ4n) is 3.36. The Morgan fingerprint density at radius 1 is 0.706 bits per heavy atom. The molecule has 0 aromatic heterocycles. The van der Waals surface area contributed by atoms with Crippen LogP contribution in [0.4, 0.5) is 0 Å². The van der Waals surface area contributed by atoms with Gasteiger partial charge in [-0.05, 0) is 43.0 Å². The third-order valence-electron chi connectivity index (χ3n) is 5.40. The minimum absolute atomic E-state index is 0.0174. The first-order valence-electron chi connectivity index (χ1n) is 12.2. The summed E-state index contributed by atoms with van der Waals surface area (Å²) >= 11 is 0. The molecule has 0 spiro atoms. The average molecular weight is 477 g/mol. The summed E-state index contributed by atoms with van der Waals surface area (Å²) in [5.74, 6) is -2.02. The van der Waals surface area contributed by atoms with E-state index in [9.17, 15) is 25.2 Å². The monoisotopic (exact) mass is 476 g/mol. The van der Waals surface area contributed by atoms with Gasteiger partial charge >= 0.3 is 5.97 Å². The van der Waals surface area contributed by atoms with Gasteiger partial charge in [-0.3, -0.25) is 0 Å². The highest BCUT2D eigenvalue weighted by Gasteiger charge is 2.14. The van der Waals surface area contributed by atoms with Gasteiger partial charge in [0.25, 0.3) is 0 Å². The van der Waals surface area contributed by atoms with Gasteiger partial charge in [0.1, 0.15) is 11.5 Å². The van der Waals surface area contributed by atoms with Crippen molar-refractivity contribution in [1.82, 2.24) is 0 Å². The highest BCUT2D eigenvalue weighted by Crippen LogP contribution is 2.35. The number of phenolic OH excluding ortho intramolecular Hbond substituents is 5. The maximum absolute atomic E-state index is 11.7. The molecule has 7 nitrogen and oxygen atoms in total. The van der Waals surface area contributed by atoms with Crippen LogP contribution in [0.2, 0.25) is 0 Å². The second-order valence-corrected chi connectivity index (χ2v) is 8.39. The summed E-state index contributed by atoms with van der Waals surface area (Å²) in [4.78, 5) is 11.7. The first-order valence-corrected chi connectivity index (χ1v) is 12.2. The summed E-state index contributed by atoms with van der Waals surface area (Å²) in [6, 6.07) is 6.94. The number of carbonyl (C=O) groups excluding carboxylic acids is 1. The molecule has 0 amide bonds. The van der Waals surface area contributed by atoms with Crippen molar-refractivity contribution in [2.24, 2.45) is 0 Å². The Balaban J connectivity index is 0.000000362. The van der Waals surface area contributed by atoms with Crippen molar-refractivity contribution in [2.75, 3.05) is 6.61 Å². The van der Waals surface area contributed by atoms with E-state index in [1.165, 1.54) is 44.6 Å². The molecule has 0 radical (unpaired) electrons. The second kappa shape index (κ2) is 16.5. The number of hydrogen-bond acceptors (Lipinski definition) is 7. The molecule has 34 heavy (non-hydrogen) atoms. The Bertz CT molecular complexity index is 841. The third kappa shape index (κ3) is 11.2. The van der Waals surface area contributed by atoms with Gasteiger partial charge in [0.05, 0.1) is 12.2 Å². The standard InChI is InChI=1S/C15H22O5.C12H18O2/c1-2-3-4-5-6-7-8-20-15(19)11-9-12(16)14(18)13(17)10-11;1-2-3-4-5-6-10-7-8-11(13)9-12(10)14/h9-10,16-18H,2-8H2,1H3;7-9,13-14H,2-6H2,1H3. The Kier molecular flexibility index (Phi) is 14.1. The minimum atomic E-state index is -0.641. The molecule has 5 N–H and O–H groups in total. The molecule has 0 fully saturated rings. The molecule has 0 unspecified atom stereocenters. The number of rotatable bonds is 13. The number of unbranched alkanes of at least 4 members (excludes halogenated alkanes) is 8. The Morgan fingerprint density at radius 2 is 1.26 bits per heavy atom. The largest absolute Gasteiger partial charge is 0.508 e. The zero-order chi connectivity index (χ0) is 25.3. The van der Waals surface area contributed by atoms with Crippen LogP contribution in [0.5, 0.6) is 28.7 Å². The predicted octanol–water partition coefficient (Wildman–Crippen LogP) is 6.54. The average Bonchev–Trinajstić information content (AvgIpc) is 2.81. The maximum atomic E-state index is 11.7. The van der Waals surface area contributed by atoms with Gasteiger partial charge in [0.2, 0.25) is 0 Å². The molecule has 2 aromatic carbocycles. The van der Waals surface area contributed by atoms with Crippen molar-refractivity contribution in [2.45, 2.75) is 84.5 Å². The lowest BCUT2D eigenvalue weighted by Gasteiger charge is -2.07. The van der Waals surface area contributed by atoms with Crippen LogP contribution in [0.25, 0.3) is 0 Å². The van der Waals surface area contributed by atoms with Crippen LogP contribution >= 0.6 is 0 Å². The SMILES string of the molecule is CCCCCCCCOC(=O)c1cc(O)c(O)c(O)c1.CCCCCCc1ccc(O)cc1O. The molecule has 2 aromatic rings. The zero-order valence-corrected chi connectivity index (χ0v) is 20.4. The number of aryl methyl sites for hydroxylation is 1. The van der Waals surface area contributed by atoms with Gasteiger partial charge < -0.3 is 30.3 Å². The molecule has 0 aliphatic rings. The zero-order valence-electron chi connectivity index (χ0n) is 20.4. The van der Waals surface area contributed by atoms with Gasteiger partial charge in [0, 0.05) is 6.07 Å². The molecule has 190 valence electrons. The van der Waals surface area contributed by atoms with Crippen LogP contribution in [0.15, 0.2) is 30.3 Å². The van der Waals surface area contributed by atoms with E-state index in [1.807, 2.05) is 0 Å². The Hall–Kier alpha value is -3.09. The topological polar surface area (TPSA) is 127 Å². The minimum Gasteiger partial charge on any atom is -0.508 e. The van der Waals surface area contributed by atoms with Gasteiger partial charge in [-0.1, -0.05) is 71.3 Å². The molecular weight excluding hydrogens is 436 g/mol. The van der Waals surface area contributed by atoms with Crippen molar-refractivity contribution in [3.63, 3.8) is 0 Å². The molecule has 0 heterocycles. The van der Waals surface area contributed by atoms with Crippen molar-refractivity contribution >= 4 is 5.97 Å². The van der Waals surface area contributed by atoms with Crippen LogP contribution in [0.3, 0.4) is 0 Å². The molecule has 2 rings (SSSR count). The number of carbonyl (C=O) groups is 1. The van der Waals surface area contributed by atoms with Gasteiger partial charge in [0.15, 0.2) is 17.2 Å². The van der Waals surface area contributed by atoms with E-state index in [0.717, 1.165) is 49.8 Å². The normalized spacial score (nSPS) is 10.4. The molecule has 0 aliphatic heterocycles. The lowest BCUT2D eigenvalue weighted by molar-refractivity contribution is 0.0496. The quantitative estimate of drug-likeness (QED) is 0.126. The second-order valence-electron chi connectivity index (χ2n) is 8.39. The molecule has 0 saturated carbocycles.